The molecule has 0 aliphatic rings. The minimum atomic E-state index is -0.809. The number of rotatable bonds is 11. The molecule has 0 bridgehead atoms. The summed E-state index contributed by atoms with van der Waals surface area (Å²) in [4.78, 5) is 58.2. The van der Waals surface area contributed by atoms with Crippen molar-refractivity contribution in [2.24, 2.45) is 10.7 Å². The Morgan fingerprint density at radius 1 is 1.00 bits per heavy atom. The average molecular weight is 626 g/mol. The smallest absolute Gasteiger partial charge is 0.435 e. The van der Waals surface area contributed by atoms with E-state index in [9.17, 15) is 19.2 Å². The number of nitrogens with one attached hydrogen (secondary N) is 2. The molecule has 2 amide bonds. The molecule has 1 heterocycles. The van der Waals surface area contributed by atoms with Crippen LogP contribution < -0.4 is 32.4 Å². The molecule has 13 heteroatoms. The first-order chi connectivity index (χ1) is 22.0. The number of esters is 1. The number of carbonyl (C=O) groups excluding carboxylic acids is 3. The number of carbonyl (C=O) groups is 3. The van der Waals surface area contributed by atoms with Crippen molar-refractivity contribution >= 4 is 35.3 Å². The van der Waals surface area contributed by atoms with E-state index >= 15 is 0 Å². The molecule has 0 saturated carbocycles. The summed E-state index contributed by atoms with van der Waals surface area (Å²) in [6.07, 6.45) is 0.643. The predicted molar refractivity (Wildman–Crippen MR) is 174 cm³/mol. The predicted octanol–water partition coefficient (Wildman–Crippen LogP) is 3.60. The monoisotopic (exact) mass is 625 g/mol. The van der Waals surface area contributed by atoms with Crippen LogP contribution in [-0.4, -0.2) is 39.4 Å². The number of anilines is 2. The lowest BCUT2D eigenvalue weighted by molar-refractivity contribution is -0.131. The lowest BCUT2D eigenvalue weighted by Crippen LogP contribution is -2.35. The molecule has 0 saturated heterocycles. The zero-order valence-corrected chi connectivity index (χ0v) is 25.7. The van der Waals surface area contributed by atoms with Crippen LogP contribution in [0.2, 0.25) is 0 Å². The van der Waals surface area contributed by atoms with Crippen LogP contribution in [0.25, 0.3) is 11.3 Å². The molecule has 1 aromatic heterocycles. The van der Waals surface area contributed by atoms with Crippen molar-refractivity contribution in [3.63, 3.8) is 0 Å². The minimum absolute atomic E-state index is 0.0116. The number of nitrogen functional groups attached to an aromatic ring is 1. The molecule has 0 unspecified atom stereocenters. The first kappa shape index (κ1) is 32.9. The molecule has 0 aliphatic carbocycles. The van der Waals surface area contributed by atoms with E-state index in [0.29, 0.717) is 22.5 Å². The molecule has 0 atom stereocenters. The van der Waals surface area contributed by atoms with E-state index in [2.05, 4.69) is 20.6 Å². The highest BCUT2D eigenvalue weighted by Gasteiger charge is 2.17. The molecule has 238 valence electrons. The summed E-state index contributed by atoms with van der Waals surface area (Å²) in [6.45, 7) is 4.87. The van der Waals surface area contributed by atoms with Crippen LogP contribution in [0.15, 0.2) is 88.8 Å². The van der Waals surface area contributed by atoms with Gasteiger partial charge < -0.3 is 31.6 Å². The second-order valence-corrected chi connectivity index (χ2v) is 10.6. The van der Waals surface area contributed by atoms with Crippen LogP contribution >= 0.6 is 0 Å². The quantitative estimate of drug-likeness (QED) is 0.0629. The van der Waals surface area contributed by atoms with Gasteiger partial charge in [0.25, 0.3) is 5.56 Å². The molecule has 13 nitrogen and oxygen atoms in total. The third-order valence-electron chi connectivity index (χ3n) is 6.42. The number of aliphatic imine (C=N–C) groups is 1. The standard InChI is InChI=1S/C33H35N7O6/c1-20(2)38-31-32(43)40(28(17-37-31)25-13-26(34)15-27(14-25)46-21(3)41)18-29(42)36-16-22-9-11-24(12-10-22)30(35)39-33(44)45-19-23-7-5-4-6-8-23/h4-15,17,20H,16,18-19,34H2,1-3H3,(H,36,42)(H,37,38)(H2,35,39,44). The number of nitrogens with two attached hydrogens (primary N) is 2. The fraction of sp³-hybridized carbons (Fsp3) is 0.212. The van der Waals surface area contributed by atoms with Crippen molar-refractivity contribution in [1.82, 2.24) is 14.9 Å². The van der Waals surface area contributed by atoms with Gasteiger partial charge in [-0.1, -0.05) is 54.6 Å². The number of hydrogen-bond donors (Lipinski definition) is 4. The Labute approximate surface area is 265 Å². The summed E-state index contributed by atoms with van der Waals surface area (Å²) in [7, 11) is 0. The van der Waals surface area contributed by atoms with E-state index < -0.39 is 23.5 Å². The molecule has 4 rings (SSSR count). The minimum Gasteiger partial charge on any atom is -0.443 e. The number of amides is 2. The number of aromatic nitrogens is 2. The molecule has 46 heavy (non-hydrogen) atoms. The highest BCUT2D eigenvalue weighted by Crippen LogP contribution is 2.27. The number of ether oxygens (including phenoxy) is 2. The van der Waals surface area contributed by atoms with Gasteiger partial charge in [-0.05, 0) is 37.1 Å². The molecule has 3 aromatic carbocycles. The maximum Gasteiger partial charge on any atom is 0.435 e. The van der Waals surface area contributed by atoms with Crippen molar-refractivity contribution in [2.45, 2.75) is 46.5 Å². The zero-order chi connectivity index (χ0) is 33.2. The summed E-state index contributed by atoms with van der Waals surface area (Å²) >= 11 is 0. The van der Waals surface area contributed by atoms with E-state index in [-0.39, 0.29) is 43.1 Å². The Balaban J connectivity index is 1.45. The number of hydrogen-bond acceptors (Lipinski definition) is 9. The second kappa shape index (κ2) is 15.1. The van der Waals surface area contributed by atoms with E-state index in [0.717, 1.165) is 11.1 Å². The van der Waals surface area contributed by atoms with E-state index in [1.165, 1.54) is 29.8 Å². The lowest BCUT2D eigenvalue weighted by Gasteiger charge is -2.17. The van der Waals surface area contributed by atoms with E-state index in [1.807, 2.05) is 44.2 Å². The van der Waals surface area contributed by atoms with E-state index in [1.54, 1.807) is 30.3 Å². The summed E-state index contributed by atoms with van der Waals surface area (Å²) in [5, 5.41) is 5.80. The first-order valence-electron chi connectivity index (χ1n) is 14.3. The highest BCUT2D eigenvalue weighted by atomic mass is 16.5. The van der Waals surface area contributed by atoms with Gasteiger partial charge in [0.2, 0.25) is 5.91 Å². The van der Waals surface area contributed by atoms with Crippen LogP contribution in [0.1, 0.15) is 37.5 Å². The summed E-state index contributed by atoms with van der Waals surface area (Å²) < 4.78 is 11.6. The van der Waals surface area contributed by atoms with Crippen LogP contribution in [0.3, 0.4) is 0 Å². The van der Waals surface area contributed by atoms with Crippen LogP contribution in [0.5, 0.6) is 5.75 Å². The summed E-state index contributed by atoms with van der Waals surface area (Å²) in [5.74, 6) is -0.724. The third kappa shape index (κ3) is 9.26. The Hall–Kier alpha value is -5.98. The van der Waals surface area contributed by atoms with Gasteiger partial charge in [-0.3, -0.25) is 19.0 Å². The maximum absolute atomic E-state index is 13.4. The van der Waals surface area contributed by atoms with Crippen LogP contribution in [0, 0.1) is 0 Å². The number of nitrogens with zero attached hydrogens (tertiary/aromatic N) is 3. The van der Waals surface area contributed by atoms with Gasteiger partial charge in [0.05, 0.1) is 11.9 Å². The normalized spacial score (nSPS) is 11.2. The highest BCUT2D eigenvalue weighted by molar-refractivity contribution is 6.02. The zero-order valence-electron chi connectivity index (χ0n) is 25.7. The van der Waals surface area contributed by atoms with Crippen molar-refractivity contribution in [3.8, 4) is 17.0 Å². The van der Waals surface area contributed by atoms with Gasteiger partial charge >= 0.3 is 12.1 Å². The van der Waals surface area contributed by atoms with Gasteiger partial charge in [0, 0.05) is 42.4 Å². The Morgan fingerprint density at radius 2 is 1.72 bits per heavy atom. The molecule has 4 aromatic rings. The van der Waals surface area contributed by atoms with Gasteiger partial charge in [0.1, 0.15) is 24.7 Å². The average Bonchev–Trinajstić information content (AvgIpc) is 3.01. The fourth-order valence-corrected chi connectivity index (χ4v) is 4.35. The van der Waals surface area contributed by atoms with Crippen LogP contribution in [-0.2, 0) is 34.0 Å². The summed E-state index contributed by atoms with van der Waals surface area (Å²) in [6, 6.07) is 20.5. The van der Waals surface area contributed by atoms with Crippen molar-refractivity contribution in [1.29, 1.82) is 0 Å². The molecular formula is C33H35N7O6. The number of amidine groups is 1. The van der Waals surface area contributed by atoms with Gasteiger partial charge in [-0.15, -0.1) is 0 Å². The lowest BCUT2D eigenvalue weighted by atomic mass is 10.1. The molecule has 0 fully saturated rings. The SMILES string of the molecule is CC(=O)Oc1cc(N)cc(-c2cnc(NC(C)C)c(=O)n2CC(=O)NCc2ccc(/C(N)=N/C(=O)OCc3ccccc3)cc2)c1. The molecule has 0 spiro atoms. The third-order valence-corrected chi connectivity index (χ3v) is 6.42. The van der Waals surface area contributed by atoms with Gasteiger partial charge in [-0.2, -0.15) is 4.99 Å². The van der Waals surface area contributed by atoms with Gasteiger partial charge in [-0.25, -0.2) is 9.78 Å². The molecular weight excluding hydrogens is 590 g/mol. The Kier molecular flexibility index (Phi) is 10.8. The second-order valence-electron chi connectivity index (χ2n) is 10.6. The number of benzene rings is 3. The van der Waals surface area contributed by atoms with Crippen molar-refractivity contribution in [3.05, 3.63) is 106 Å². The maximum atomic E-state index is 13.4. The van der Waals surface area contributed by atoms with E-state index in [4.69, 9.17) is 20.9 Å². The molecule has 0 aliphatic heterocycles. The molecule has 0 radical (unpaired) electrons. The topological polar surface area (TPSA) is 193 Å². The molecule has 6 N–H and O–H groups in total. The van der Waals surface area contributed by atoms with Gasteiger partial charge in [0.15, 0.2) is 5.82 Å². The van der Waals surface area contributed by atoms with Crippen molar-refractivity contribution in [2.75, 3.05) is 11.1 Å². The largest absolute Gasteiger partial charge is 0.443 e. The Morgan fingerprint density at radius 3 is 2.39 bits per heavy atom. The fourth-order valence-electron chi connectivity index (χ4n) is 4.35. The van der Waals surface area contributed by atoms with Crippen LogP contribution in [0.4, 0.5) is 16.3 Å². The summed E-state index contributed by atoms with van der Waals surface area (Å²) in [5.41, 5.74) is 14.6. The van der Waals surface area contributed by atoms with Crippen molar-refractivity contribution < 1.29 is 23.9 Å². The Bertz CT molecular complexity index is 1800. The first-order valence-corrected chi connectivity index (χ1v) is 14.3.